The fourth-order valence-electron chi connectivity index (χ4n) is 1.78. The number of amides is 2. The van der Waals surface area contributed by atoms with E-state index in [0.29, 0.717) is 43.0 Å². The first-order valence-corrected chi connectivity index (χ1v) is 7.26. The Morgan fingerprint density at radius 1 is 1.14 bits per heavy atom. The second-order valence-corrected chi connectivity index (χ2v) is 4.69. The highest BCUT2D eigenvalue weighted by atomic mass is 16.2. The third-order valence-corrected chi connectivity index (χ3v) is 2.89. The van der Waals surface area contributed by atoms with Crippen molar-refractivity contribution in [2.24, 2.45) is 0 Å². The number of nitrogens with two attached hydrogens (primary N) is 1. The molecule has 2 amide bonds. The predicted octanol–water partition coefficient (Wildman–Crippen LogP) is 1.35. The largest absolute Gasteiger partial charge is 0.397 e. The summed E-state index contributed by atoms with van der Waals surface area (Å²) in [5.41, 5.74) is 7.63. The maximum Gasteiger partial charge on any atom is 0.251 e. The van der Waals surface area contributed by atoms with Crippen molar-refractivity contribution in [3.8, 4) is 0 Å². The molecule has 0 saturated carbocycles. The Hall–Kier alpha value is -2.24. The van der Waals surface area contributed by atoms with E-state index >= 15 is 0 Å². The number of anilines is 2. The monoisotopic (exact) mass is 292 g/mol. The summed E-state index contributed by atoms with van der Waals surface area (Å²) in [5.74, 6) is -0.135. The zero-order chi connectivity index (χ0) is 15.7. The molecule has 116 valence electrons. The van der Waals surface area contributed by atoms with E-state index in [1.807, 2.05) is 13.8 Å². The van der Waals surface area contributed by atoms with Crippen LogP contribution in [0.15, 0.2) is 18.2 Å². The molecule has 5 N–H and O–H groups in total. The normalized spacial score (nSPS) is 10.0. The summed E-state index contributed by atoms with van der Waals surface area (Å²) in [6.07, 6.45) is 1.28. The average Bonchev–Trinajstić information content (AvgIpc) is 2.47. The zero-order valence-electron chi connectivity index (χ0n) is 12.7. The van der Waals surface area contributed by atoms with Crippen LogP contribution in [-0.2, 0) is 4.79 Å². The first kappa shape index (κ1) is 16.8. The number of benzene rings is 1. The van der Waals surface area contributed by atoms with Crippen LogP contribution >= 0.6 is 0 Å². The number of hydrogen-bond donors (Lipinski definition) is 4. The fraction of sp³-hybridized carbons (Fsp3) is 0.467. The van der Waals surface area contributed by atoms with Gasteiger partial charge in [-0.05, 0) is 31.5 Å². The zero-order valence-corrected chi connectivity index (χ0v) is 12.7. The molecule has 1 aromatic carbocycles. The van der Waals surface area contributed by atoms with Crippen molar-refractivity contribution >= 4 is 23.2 Å². The third-order valence-electron chi connectivity index (χ3n) is 2.89. The second-order valence-electron chi connectivity index (χ2n) is 4.69. The molecule has 6 nitrogen and oxygen atoms in total. The van der Waals surface area contributed by atoms with Crippen molar-refractivity contribution in [2.45, 2.75) is 26.7 Å². The van der Waals surface area contributed by atoms with Crippen LogP contribution in [0, 0.1) is 0 Å². The lowest BCUT2D eigenvalue weighted by Crippen LogP contribution is -2.26. The van der Waals surface area contributed by atoms with E-state index < -0.39 is 0 Å². The van der Waals surface area contributed by atoms with Gasteiger partial charge in [-0.15, -0.1) is 0 Å². The molecule has 0 aliphatic heterocycles. The van der Waals surface area contributed by atoms with E-state index in [4.69, 9.17) is 5.73 Å². The average molecular weight is 292 g/mol. The van der Waals surface area contributed by atoms with Gasteiger partial charge in [0.15, 0.2) is 0 Å². The SMILES string of the molecule is CCCNC(=O)CCNc1cc(C(=O)NCC)ccc1N. The van der Waals surface area contributed by atoms with Gasteiger partial charge >= 0.3 is 0 Å². The topological polar surface area (TPSA) is 96.2 Å². The highest BCUT2D eigenvalue weighted by Crippen LogP contribution is 2.20. The molecule has 0 aromatic heterocycles. The van der Waals surface area contributed by atoms with Crippen LogP contribution < -0.4 is 21.7 Å². The molecule has 21 heavy (non-hydrogen) atoms. The lowest BCUT2D eigenvalue weighted by atomic mass is 10.1. The van der Waals surface area contributed by atoms with E-state index in [2.05, 4.69) is 16.0 Å². The van der Waals surface area contributed by atoms with Crippen LogP contribution in [0.3, 0.4) is 0 Å². The molecular formula is C15H24N4O2. The van der Waals surface area contributed by atoms with E-state index in [0.717, 1.165) is 6.42 Å². The lowest BCUT2D eigenvalue weighted by molar-refractivity contribution is -0.120. The third kappa shape index (κ3) is 5.72. The first-order chi connectivity index (χ1) is 10.1. The Bertz CT molecular complexity index is 489. The molecule has 1 aromatic rings. The molecule has 0 atom stereocenters. The molecule has 0 radical (unpaired) electrons. The number of hydrogen-bond acceptors (Lipinski definition) is 4. The maximum absolute atomic E-state index is 11.8. The summed E-state index contributed by atoms with van der Waals surface area (Å²) < 4.78 is 0. The van der Waals surface area contributed by atoms with Crippen LogP contribution in [0.2, 0.25) is 0 Å². The Kier molecular flexibility index (Phi) is 7.08. The summed E-state index contributed by atoms with van der Waals surface area (Å²) >= 11 is 0. The standard InChI is InChI=1S/C15H24N4O2/c1-3-8-19-14(20)7-9-18-13-10-11(5-6-12(13)16)15(21)17-4-2/h5-6,10,18H,3-4,7-9,16H2,1-2H3,(H,17,21)(H,19,20). The van der Waals surface area contributed by atoms with Crippen molar-refractivity contribution in [2.75, 3.05) is 30.7 Å². The van der Waals surface area contributed by atoms with Crippen LogP contribution in [0.5, 0.6) is 0 Å². The Morgan fingerprint density at radius 2 is 1.90 bits per heavy atom. The van der Waals surface area contributed by atoms with Gasteiger partial charge in [0.25, 0.3) is 5.91 Å². The Labute approximate surface area is 125 Å². The number of carbonyl (C=O) groups excluding carboxylic acids is 2. The molecule has 0 aliphatic carbocycles. The molecular weight excluding hydrogens is 268 g/mol. The number of nitrogen functional groups attached to an aromatic ring is 1. The summed E-state index contributed by atoms with van der Waals surface area (Å²) in [6, 6.07) is 5.06. The minimum absolute atomic E-state index is 0.00259. The molecule has 1 rings (SSSR count). The van der Waals surface area contributed by atoms with Crippen LogP contribution in [-0.4, -0.2) is 31.4 Å². The van der Waals surface area contributed by atoms with Gasteiger partial charge in [-0.3, -0.25) is 9.59 Å². The summed E-state index contributed by atoms with van der Waals surface area (Å²) in [6.45, 7) is 5.60. The molecule has 0 spiro atoms. The Balaban J connectivity index is 2.56. The van der Waals surface area contributed by atoms with E-state index in [-0.39, 0.29) is 11.8 Å². The van der Waals surface area contributed by atoms with Crippen molar-refractivity contribution < 1.29 is 9.59 Å². The van der Waals surface area contributed by atoms with Crippen LogP contribution in [0.1, 0.15) is 37.0 Å². The molecule has 0 bridgehead atoms. The predicted molar refractivity (Wildman–Crippen MR) is 85.3 cm³/mol. The van der Waals surface area contributed by atoms with Gasteiger partial charge in [-0.25, -0.2) is 0 Å². The van der Waals surface area contributed by atoms with Crippen molar-refractivity contribution in [3.05, 3.63) is 23.8 Å². The van der Waals surface area contributed by atoms with E-state index in [9.17, 15) is 9.59 Å². The summed E-state index contributed by atoms with van der Waals surface area (Å²) in [7, 11) is 0. The van der Waals surface area contributed by atoms with Crippen molar-refractivity contribution in [1.29, 1.82) is 0 Å². The Morgan fingerprint density at radius 3 is 2.57 bits per heavy atom. The highest BCUT2D eigenvalue weighted by molar-refractivity contribution is 5.96. The second kappa shape index (κ2) is 8.84. The highest BCUT2D eigenvalue weighted by Gasteiger charge is 2.08. The number of nitrogens with one attached hydrogen (secondary N) is 3. The maximum atomic E-state index is 11.8. The van der Waals surface area contributed by atoms with Crippen molar-refractivity contribution in [1.82, 2.24) is 10.6 Å². The van der Waals surface area contributed by atoms with Crippen molar-refractivity contribution in [3.63, 3.8) is 0 Å². The van der Waals surface area contributed by atoms with Gasteiger partial charge in [0, 0.05) is 31.6 Å². The molecule has 0 fully saturated rings. The van der Waals surface area contributed by atoms with Gasteiger partial charge in [0.2, 0.25) is 5.91 Å². The summed E-state index contributed by atoms with van der Waals surface area (Å²) in [4.78, 5) is 23.3. The van der Waals surface area contributed by atoms with Gasteiger partial charge < -0.3 is 21.7 Å². The van der Waals surface area contributed by atoms with Gasteiger partial charge in [-0.2, -0.15) is 0 Å². The number of carbonyl (C=O) groups is 2. The first-order valence-electron chi connectivity index (χ1n) is 7.26. The molecule has 0 heterocycles. The molecule has 0 unspecified atom stereocenters. The fourth-order valence-corrected chi connectivity index (χ4v) is 1.78. The molecule has 0 aliphatic rings. The summed E-state index contributed by atoms with van der Waals surface area (Å²) in [5, 5.41) is 8.63. The minimum atomic E-state index is -0.138. The van der Waals surface area contributed by atoms with E-state index in [1.54, 1.807) is 18.2 Å². The number of rotatable bonds is 8. The van der Waals surface area contributed by atoms with E-state index in [1.165, 1.54) is 0 Å². The molecule has 6 heteroatoms. The van der Waals surface area contributed by atoms with Crippen LogP contribution in [0.25, 0.3) is 0 Å². The quantitative estimate of drug-likeness (QED) is 0.544. The van der Waals surface area contributed by atoms with Gasteiger partial charge in [0.1, 0.15) is 0 Å². The van der Waals surface area contributed by atoms with Crippen LogP contribution in [0.4, 0.5) is 11.4 Å². The lowest BCUT2D eigenvalue weighted by Gasteiger charge is -2.11. The van der Waals surface area contributed by atoms with Gasteiger partial charge in [0.05, 0.1) is 11.4 Å². The minimum Gasteiger partial charge on any atom is -0.397 e. The molecule has 0 saturated heterocycles. The smallest absolute Gasteiger partial charge is 0.251 e. The van der Waals surface area contributed by atoms with Gasteiger partial charge in [-0.1, -0.05) is 6.92 Å².